The van der Waals surface area contributed by atoms with Crippen molar-refractivity contribution in [3.05, 3.63) is 53.9 Å². The van der Waals surface area contributed by atoms with Gasteiger partial charge in [-0.15, -0.1) is 11.3 Å². The summed E-state index contributed by atoms with van der Waals surface area (Å²) in [6.45, 7) is 0.188. The number of hydrogen-bond donors (Lipinski definition) is 2. The summed E-state index contributed by atoms with van der Waals surface area (Å²) >= 11 is 2.80. The molecule has 32 heavy (non-hydrogen) atoms. The number of fused-ring (bicyclic) bond motifs is 1. The first kappa shape index (κ1) is 22.6. The Bertz CT molecular complexity index is 1200. The fourth-order valence-electron chi connectivity index (χ4n) is 3.05. The number of nitrogens with one attached hydrogen (secondary N) is 2. The summed E-state index contributed by atoms with van der Waals surface area (Å²) < 4.78 is 38.7. The Hall–Kier alpha value is -2.60. The first-order valence-electron chi connectivity index (χ1n) is 9.69. The molecule has 2 aromatic carbocycles. The lowest BCUT2D eigenvalue weighted by Crippen LogP contribution is -2.44. The van der Waals surface area contributed by atoms with Gasteiger partial charge in [0.25, 0.3) is 0 Å². The van der Waals surface area contributed by atoms with Crippen LogP contribution in [0.5, 0.6) is 11.5 Å². The Kier molecular flexibility index (Phi) is 6.99. The predicted molar refractivity (Wildman–Crippen MR) is 126 cm³/mol. The van der Waals surface area contributed by atoms with Gasteiger partial charge in [-0.3, -0.25) is 4.79 Å². The number of amides is 1. The number of thioether (sulfide) groups is 1. The highest BCUT2D eigenvalue weighted by atomic mass is 32.2. The number of carbonyl (C=O) groups is 1. The van der Waals surface area contributed by atoms with Crippen LogP contribution in [0.4, 0.5) is 5.13 Å². The van der Waals surface area contributed by atoms with E-state index in [0.29, 0.717) is 34.5 Å². The van der Waals surface area contributed by atoms with E-state index in [2.05, 4.69) is 15.0 Å². The predicted octanol–water partition coefficient (Wildman–Crippen LogP) is 3.58. The largest absolute Gasteiger partial charge is 0.454 e. The van der Waals surface area contributed by atoms with Gasteiger partial charge >= 0.3 is 0 Å². The third-order valence-corrected chi connectivity index (χ3v) is 7.57. The van der Waals surface area contributed by atoms with Gasteiger partial charge in [-0.1, -0.05) is 18.2 Å². The molecule has 1 aliphatic rings. The number of hydrogen-bond acceptors (Lipinski definition) is 8. The van der Waals surface area contributed by atoms with Crippen molar-refractivity contribution in [2.75, 3.05) is 24.1 Å². The van der Waals surface area contributed by atoms with Crippen LogP contribution in [0, 0.1) is 0 Å². The van der Waals surface area contributed by atoms with Gasteiger partial charge in [0.15, 0.2) is 16.6 Å². The van der Waals surface area contributed by atoms with Crippen LogP contribution in [-0.2, 0) is 14.8 Å². The number of anilines is 1. The summed E-state index contributed by atoms with van der Waals surface area (Å²) in [5, 5.41) is 4.95. The average Bonchev–Trinajstić information content (AvgIpc) is 3.46. The molecule has 4 rings (SSSR count). The molecule has 1 aromatic heterocycles. The van der Waals surface area contributed by atoms with Crippen LogP contribution in [0.25, 0.3) is 11.3 Å². The van der Waals surface area contributed by atoms with Crippen molar-refractivity contribution >= 4 is 44.2 Å². The molecule has 2 heterocycles. The van der Waals surface area contributed by atoms with Crippen molar-refractivity contribution in [2.45, 2.75) is 17.4 Å². The molecule has 1 atom stereocenters. The smallest absolute Gasteiger partial charge is 0.244 e. The molecule has 0 fully saturated rings. The van der Waals surface area contributed by atoms with Gasteiger partial charge in [0, 0.05) is 10.9 Å². The average molecular weight is 492 g/mol. The second kappa shape index (κ2) is 9.90. The maximum atomic E-state index is 12.9. The van der Waals surface area contributed by atoms with E-state index in [-0.39, 0.29) is 11.7 Å². The highest BCUT2D eigenvalue weighted by Gasteiger charge is 2.26. The number of nitrogens with zero attached hydrogens (tertiary/aromatic N) is 1. The maximum Gasteiger partial charge on any atom is 0.244 e. The highest BCUT2D eigenvalue weighted by molar-refractivity contribution is 7.98. The summed E-state index contributed by atoms with van der Waals surface area (Å²) in [5.74, 6) is 1.49. The van der Waals surface area contributed by atoms with E-state index in [1.54, 1.807) is 18.2 Å². The Morgan fingerprint density at radius 3 is 2.75 bits per heavy atom. The standard InChI is InChI=1S/C21H21N3O5S3/c1-30-10-9-16(24-32(26,27)15-5-3-2-4-6-15)20(25)23-21-22-17(12-31-21)14-7-8-18-19(11-14)29-13-28-18/h2-8,11-12,16,24H,9-10,13H2,1H3,(H,22,23,25). The summed E-state index contributed by atoms with van der Waals surface area (Å²) in [6, 6.07) is 12.6. The molecule has 0 radical (unpaired) electrons. The molecule has 2 N–H and O–H groups in total. The molecule has 0 bridgehead atoms. The normalized spacial score (nSPS) is 13.7. The van der Waals surface area contributed by atoms with E-state index in [0.717, 1.165) is 5.56 Å². The van der Waals surface area contributed by atoms with E-state index in [1.165, 1.54) is 35.2 Å². The summed E-state index contributed by atoms with van der Waals surface area (Å²) in [7, 11) is -3.83. The van der Waals surface area contributed by atoms with Gasteiger partial charge in [0.1, 0.15) is 6.04 Å². The van der Waals surface area contributed by atoms with Gasteiger partial charge in [0.2, 0.25) is 22.7 Å². The minimum Gasteiger partial charge on any atom is -0.454 e. The Balaban J connectivity index is 1.48. The molecule has 1 unspecified atom stereocenters. The lowest BCUT2D eigenvalue weighted by atomic mass is 10.1. The number of thiazole rings is 1. The van der Waals surface area contributed by atoms with Crippen LogP contribution in [0.3, 0.4) is 0 Å². The monoisotopic (exact) mass is 491 g/mol. The number of ether oxygens (including phenoxy) is 2. The van der Waals surface area contributed by atoms with E-state index in [1.807, 2.05) is 29.8 Å². The Morgan fingerprint density at radius 2 is 1.97 bits per heavy atom. The van der Waals surface area contributed by atoms with Crippen LogP contribution in [0.2, 0.25) is 0 Å². The van der Waals surface area contributed by atoms with Gasteiger partial charge in [-0.05, 0) is 48.8 Å². The van der Waals surface area contributed by atoms with Crippen LogP contribution < -0.4 is 19.5 Å². The number of sulfonamides is 1. The quantitative estimate of drug-likeness (QED) is 0.471. The topological polar surface area (TPSA) is 107 Å². The fraction of sp³-hybridized carbons (Fsp3) is 0.238. The van der Waals surface area contributed by atoms with Crippen molar-refractivity contribution in [1.29, 1.82) is 0 Å². The molecular weight excluding hydrogens is 470 g/mol. The third-order valence-electron chi connectivity index (χ3n) is 4.68. The molecule has 168 valence electrons. The molecule has 1 amide bonds. The second-order valence-electron chi connectivity index (χ2n) is 6.86. The molecule has 0 spiro atoms. The van der Waals surface area contributed by atoms with Crippen LogP contribution in [-0.4, -0.2) is 44.2 Å². The van der Waals surface area contributed by atoms with Gasteiger partial charge in [-0.25, -0.2) is 13.4 Å². The lowest BCUT2D eigenvalue weighted by molar-refractivity contribution is -0.117. The lowest BCUT2D eigenvalue weighted by Gasteiger charge is -2.17. The van der Waals surface area contributed by atoms with Crippen molar-refractivity contribution in [2.24, 2.45) is 0 Å². The number of rotatable bonds is 9. The zero-order valence-corrected chi connectivity index (χ0v) is 19.6. The zero-order chi connectivity index (χ0) is 22.6. The zero-order valence-electron chi connectivity index (χ0n) is 17.1. The summed E-state index contributed by atoms with van der Waals surface area (Å²) in [6.07, 6.45) is 2.25. The highest BCUT2D eigenvalue weighted by Crippen LogP contribution is 2.36. The number of carbonyl (C=O) groups excluding carboxylic acids is 1. The van der Waals surface area contributed by atoms with Crippen molar-refractivity contribution in [1.82, 2.24) is 9.71 Å². The van der Waals surface area contributed by atoms with Gasteiger partial charge in [-0.2, -0.15) is 16.5 Å². The summed E-state index contributed by atoms with van der Waals surface area (Å²) in [4.78, 5) is 17.5. The van der Waals surface area contributed by atoms with Crippen molar-refractivity contribution in [3.63, 3.8) is 0 Å². The van der Waals surface area contributed by atoms with Crippen molar-refractivity contribution in [3.8, 4) is 22.8 Å². The van der Waals surface area contributed by atoms with Crippen LogP contribution in [0.15, 0.2) is 58.8 Å². The third kappa shape index (κ3) is 5.23. The maximum absolute atomic E-state index is 12.9. The molecule has 8 nitrogen and oxygen atoms in total. The fourth-order valence-corrected chi connectivity index (χ4v) is 5.49. The van der Waals surface area contributed by atoms with E-state index >= 15 is 0 Å². The first-order valence-corrected chi connectivity index (χ1v) is 13.4. The number of aromatic nitrogens is 1. The molecule has 0 saturated heterocycles. The molecule has 3 aromatic rings. The summed E-state index contributed by atoms with van der Waals surface area (Å²) in [5.41, 5.74) is 1.50. The van der Waals surface area contributed by atoms with Crippen LogP contribution in [0.1, 0.15) is 6.42 Å². The molecule has 0 saturated carbocycles. The SMILES string of the molecule is CSCCC(NS(=O)(=O)c1ccccc1)C(=O)Nc1nc(-c2ccc3c(c2)OCO3)cs1. The minimum absolute atomic E-state index is 0.112. The Labute approximate surface area is 194 Å². The van der Waals surface area contributed by atoms with E-state index in [4.69, 9.17) is 9.47 Å². The molecule has 0 aliphatic carbocycles. The minimum atomic E-state index is -3.83. The van der Waals surface area contributed by atoms with Gasteiger partial charge < -0.3 is 14.8 Å². The first-order chi connectivity index (χ1) is 15.5. The van der Waals surface area contributed by atoms with Crippen LogP contribution >= 0.6 is 23.1 Å². The molecule has 1 aliphatic heterocycles. The molecular formula is C21H21N3O5S3. The van der Waals surface area contributed by atoms with Crippen molar-refractivity contribution < 1.29 is 22.7 Å². The van der Waals surface area contributed by atoms with E-state index < -0.39 is 22.0 Å². The second-order valence-corrected chi connectivity index (χ2v) is 10.4. The van der Waals surface area contributed by atoms with Gasteiger partial charge in [0.05, 0.1) is 10.6 Å². The number of benzene rings is 2. The van der Waals surface area contributed by atoms with E-state index in [9.17, 15) is 13.2 Å². The molecule has 11 heteroatoms. The Morgan fingerprint density at radius 1 is 1.19 bits per heavy atom.